The summed E-state index contributed by atoms with van der Waals surface area (Å²) in [4.78, 5) is 15.6. The van der Waals surface area contributed by atoms with E-state index in [-0.39, 0.29) is 0 Å². The predicted octanol–water partition coefficient (Wildman–Crippen LogP) is 9.22. The quantitative estimate of drug-likeness (QED) is 0.178. The van der Waals surface area contributed by atoms with E-state index in [1.54, 1.807) is 48.5 Å². The highest BCUT2D eigenvalue weighted by atomic mass is 35.5. The average molecular weight is 623 g/mol. The van der Waals surface area contributed by atoms with Crippen LogP contribution in [0.2, 0.25) is 10.0 Å². The Morgan fingerprint density at radius 2 is 1.65 bits per heavy atom. The van der Waals surface area contributed by atoms with Gasteiger partial charge in [-0.25, -0.2) is 9.78 Å². The van der Waals surface area contributed by atoms with E-state index in [4.69, 9.17) is 38.0 Å². The van der Waals surface area contributed by atoms with Crippen LogP contribution >= 0.6 is 23.2 Å². The standard InChI is InChI=1S/C33H23Cl2F3N2O3/c34-26-11-14-28(29(35)17-26)30-19-40(18-22-6-12-27(13-7-22)43-20-32(41)42)31(39-30)15-8-21-4-9-23(10-5-21)24-2-1-3-25(16-24)33(36,37)38/h1-17,19H,18,20H2,(H,41,42). The Hall–Kier alpha value is -4.53. The van der Waals surface area contributed by atoms with E-state index < -0.39 is 24.3 Å². The van der Waals surface area contributed by atoms with Crippen molar-refractivity contribution in [3.63, 3.8) is 0 Å². The first kappa shape index (κ1) is 29.9. The van der Waals surface area contributed by atoms with E-state index in [0.717, 1.165) is 23.3 Å². The number of halogens is 5. The summed E-state index contributed by atoms with van der Waals surface area (Å²) < 4.78 is 46.6. The van der Waals surface area contributed by atoms with Crippen LogP contribution in [0.1, 0.15) is 22.5 Å². The number of carboxylic acids is 1. The number of hydrogen-bond acceptors (Lipinski definition) is 3. The van der Waals surface area contributed by atoms with E-state index in [2.05, 4.69) is 0 Å². The molecule has 218 valence electrons. The molecule has 0 saturated heterocycles. The molecule has 0 unspecified atom stereocenters. The summed E-state index contributed by atoms with van der Waals surface area (Å²) in [5.74, 6) is 0.0194. The Morgan fingerprint density at radius 3 is 2.33 bits per heavy atom. The summed E-state index contributed by atoms with van der Waals surface area (Å²) in [6.45, 7) is 0.0214. The van der Waals surface area contributed by atoms with Crippen molar-refractivity contribution < 1.29 is 27.8 Å². The summed E-state index contributed by atoms with van der Waals surface area (Å²) in [5, 5.41) is 9.79. The molecule has 0 saturated carbocycles. The number of carboxylic acid groups (broad SMARTS) is 1. The van der Waals surface area contributed by atoms with Crippen LogP contribution in [0.3, 0.4) is 0 Å². The molecule has 10 heteroatoms. The number of hydrogen-bond donors (Lipinski definition) is 1. The molecule has 1 heterocycles. The average Bonchev–Trinajstić information content (AvgIpc) is 3.37. The van der Waals surface area contributed by atoms with Crippen LogP contribution in [0, 0.1) is 0 Å². The van der Waals surface area contributed by atoms with Gasteiger partial charge in [0.05, 0.1) is 16.3 Å². The molecule has 0 aliphatic rings. The summed E-state index contributed by atoms with van der Waals surface area (Å²) in [7, 11) is 0. The first-order valence-electron chi connectivity index (χ1n) is 13.0. The molecule has 0 spiro atoms. The molecule has 1 N–H and O–H groups in total. The van der Waals surface area contributed by atoms with Crippen LogP contribution in [0.25, 0.3) is 34.5 Å². The number of rotatable bonds is 9. The van der Waals surface area contributed by atoms with Gasteiger partial charge < -0.3 is 14.4 Å². The largest absolute Gasteiger partial charge is 0.482 e. The topological polar surface area (TPSA) is 64.3 Å². The van der Waals surface area contributed by atoms with E-state index in [1.807, 2.05) is 47.2 Å². The normalized spacial score (nSPS) is 11.7. The molecule has 5 rings (SSSR count). The lowest BCUT2D eigenvalue weighted by Crippen LogP contribution is -2.09. The molecule has 4 aromatic carbocycles. The van der Waals surface area contributed by atoms with Crippen LogP contribution in [0.15, 0.2) is 97.2 Å². The lowest BCUT2D eigenvalue weighted by molar-refractivity contribution is -0.139. The van der Waals surface area contributed by atoms with Crippen LogP contribution in [0.4, 0.5) is 13.2 Å². The van der Waals surface area contributed by atoms with E-state index in [0.29, 0.717) is 50.5 Å². The zero-order chi connectivity index (χ0) is 30.6. The fourth-order valence-electron chi connectivity index (χ4n) is 4.38. The van der Waals surface area contributed by atoms with Crippen LogP contribution < -0.4 is 4.74 Å². The lowest BCUT2D eigenvalue weighted by Gasteiger charge is -2.09. The molecule has 0 atom stereocenters. The highest BCUT2D eigenvalue weighted by Crippen LogP contribution is 2.33. The summed E-state index contributed by atoms with van der Waals surface area (Å²) >= 11 is 12.5. The van der Waals surface area contributed by atoms with Gasteiger partial charge in [0.15, 0.2) is 6.61 Å². The molecule has 0 bridgehead atoms. The smallest absolute Gasteiger partial charge is 0.416 e. The van der Waals surface area contributed by atoms with Crippen molar-refractivity contribution in [2.24, 2.45) is 0 Å². The molecule has 5 aromatic rings. The highest BCUT2D eigenvalue weighted by Gasteiger charge is 2.30. The Kier molecular flexibility index (Phi) is 8.89. The SMILES string of the molecule is O=C(O)COc1ccc(Cn2cc(-c3ccc(Cl)cc3Cl)nc2C=Cc2ccc(-c3cccc(C(F)(F)F)c3)cc2)cc1. The first-order valence-corrected chi connectivity index (χ1v) is 13.7. The fraction of sp³-hybridized carbons (Fsp3) is 0.0909. The minimum absolute atomic E-state index is 0.429. The number of benzene rings is 4. The number of alkyl halides is 3. The third-order valence-corrected chi connectivity index (χ3v) is 7.06. The van der Waals surface area contributed by atoms with Crippen LogP contribution in [-0.4, -0.2) is 27.2 Å². The molecule has 43 heavy (non-hydrogen) atoms. The van der Waals surface area contributed by atoms with Gasteiger partial charge in [0.2, 0.25) is 0 Å². The Balaban J connectivity index is 1.41. The zero-order valence-corrected chi connectivity index (χ0v) is 23.9. The minimum atomic E-state index is -4.41. The molecule has 1 aromatic heterocycles. The summed E-state index contributed by atoms with van der Waals surface area (Å²) in [6.07, 6.45) is 1.17. The van der Waals surface area contributed by atoms with Crippen molar-refractivity contribution in [2.45, 2.75) is 12.7 Å². The fourth-order valence-corrected chi connectivity index (χ4v) is 4.89. The molecule has 0 radical (unpaired) electrons. The van der Waals surface area contributed by atoms with E-state index >= 15 is 0 Å². The predicted molar refractivity (Wildman–Crippen MR) is 162 cm³/mol. The summed E-state index contributed by atoms with van der Waals surface area (Å²) in [6, 6.07) is 24.7. The van der Waals surface area contributed by atoms with Crippen molar-refractivity contribution in [3.05, 3.63) is 130 Å². The number of aromatic nitrogens is 2. The molecular weight excluding hydrogens is 600 g/mol. The molecule has 5 nitrogen and oxygen atoms in total. The molecule has 0 amide bonds. The number of aliphatic carboxylic acids is 1. The number of nitrogens with zero attached hydrogens (tertiary/aromatic N) is 2. The van der Waals surface area contributed by atoms with Gasteiger partial charge in [-0.15, -0.1) is 0 Å². The van der Waals surface area contributed by atoms with Gasteiger partial charge >= 0.3 is 12.1 Å². The molecular formula is C33H23Cl2F3N2O3. The second kappa shape index (κ2) is 12.8. The Morgan fingerprint density at radius 1 is 0.907 bits per heavy atom. The molecule has 0 aliphatic heterocycles. The van der Waals surface area contributed by atoms with Gasteiger partial charge in [-0.1, -0.05) is 77.8 Å². The Bertz CT molecular complexity index is 1780. The second-order valence-electron chi connectivity index (χ2n) is 9.60. The second-order valence-corrected chi connectivity index (χ2v) is 10.4. The number of ether oxygens (including phenoxy) is 1. The van der Waals surface area contributed by atoms with Gasteiger partial charge in [-0.2, -0.15) is 13.2 Å². The molecule has 0 fully saturated rings. The lowest BCUT2D eigenvalue weighted by atomic mass is 10.0. The first-order chi connectivity index (χ1) is 20.5. The van der Waals surface area contributed by atoms with Gasteiger partial charge in [-0.05, 0) is 70.8 Å². The molecule has 0 aliphatic carbocycles. The van der Waals surface area contributed by atoms with Crippen molar-refractivity contribution in [2.75, 3.05) is 6.61 Å². The maximum absolute atomic E-state index is 13.1. The monoisotopic (exact) mass is 622 g/mol. The van der Waals surface area contributed by atoms with Crippen LogP contribution in [-0.2, 0) is 17.5 Å². The maximum atomic E-state index is 13.1. The minimum Gasteiger partial charge on any atom is -0.482 e. The van der Waals surface area contributed by atoms with Crippen molar-refractivity contribution >= 4 is 41.3 Å². The van der Waals surface area contributed by atoms with Crippen molar-refractivity contribution in [1.29, 1.82) is 0 Å². The zero-order valence-electron chi connectivity index (χ0n) is 22.4. The Labute approximate surface area is 255 Å². The maximum Gasteiger partial charge on any atom is 0.416 e. The van der Waals surface area contributed by atoms with Crippen LogP contribution in [0.5, 0.6) is 5.75 Å². The van der Waals surface area contributed by atoms with Crippen molar-refractivity contribution in [3.8, 4) is 28.1 Å². The number of imidazole rings is 1. The van der Waals surface area contributed by atoms with E-state index in [9.17, 15) is 18.0 Å². The third-order valence-electron chi connectivity index (χ3n) is 6.51. The van der Waals surface area contributed by atoms with Gasteiger partial charge in [0.1, 0.15) is 11.6 Å². The van der Waals surface area contributed by atoms with Crippen molar-refractivity contribution in [1.82, 2.24) is 9.55 Å². The van der Waals surface area contributed by atoms with Gasteiger partial charge in [0.25, 0.3) is 0 Å². The van der Waals surface area contributed by atoms with Gasteiger partial charge in [-0.3, -0.25) is 0 Å². The summed E-state index contributed by atoms with van der Waals surface area (Å²) in [5.41, 5.74) is 3.56. The highest BCUT2D eigenvalue weighted by molar-refractivity contribution is 6.36. The van der Waals surface area contributed by atoms with E-state index in [1.165, 1.54) is 6.07 Å². The number of carbonyl (C=O) groups is 1. The third kappa shape index (κ3) is 7.66. The van der Waals surface area contributed by atoms with Gasteiger partial charge in [0, 0.05) is 23.3 Å².